The van der Waals surface area contributed by atoms with E-state index in [1.807, 2.05) is 0 Å². The SMILES string of the molecule is CCOC(=O)Oc1ccccc1C(=O)OOC(=O)c1ccccc1OC(=O)C(C)C. The van der Waals surface area contributed by atoms with E-state index in [0.29, 0.717) is 0 Å². The number of benzene rings is 2. The van der Waals surface area contributed by atoms with Crippen molar-refractivity contribution in [1.82, 2.24) is 0 Å². The van der Waals surface area contributed by atoms with E-state index in [0.717, 1.165) is 0 Å². The average Bonchev–Trinajstić information content (AvgIpc) is 2.72. The van der Waals surface area contributed by atoms with E-state index in [9.17, 15) is 19.2 Å². The second-order valence-corrected chi connectivity index (χ2v) is 6.09. The maximum atomic E-state index is 12.3. The van der Waals surface area contributed by atoms with Crippen LogP contribution in [0.3, 0.4) is 0 Å². The van der Waals surface area contributed by atoms with Crippen molar-refractivity contribution in [1.29, 1.82) is 0 Å². The van der Waals surface area contributed by atoms with Gasteiger partial charge in [0, 0.05) is 0 Å². The summed E-state index contributed by atoms with van der Waals surface area (Å²) in [6.45, 7) is 4.96. The summed E-state index contributed by atoms with van der Waals surface area (Å²) in [7, 11) is 0. The summed E-state index contributed by atoms with van der Waals surface area (Å²) >= 11 is 0. The van der Waals surface area contributed by atoms with Crippen LogP contribution in [0, 0.1) is 5.92 Å². The van der Waals surface area contributed by atoms with Gasteiger partial charge < -0.3 is 14.2 Å². The minimum absolute atomic E-state index is 0.0386. The fraction of sp³-hybridized carbons (Fsp3) is 0.238. The second-order valence-electron chi connectivity index (χ2n) is 6.09. The van der Waals surface area contributed by atoms with E-state index in [2.05, 4.69) is 14.5 Å². The molecule has 0 bridgehead atoms. The van der Waals surface area contributed by atoms with Crippen molar-refractivity contribution >= 4 is 24.1 Å². The van der Waals surface area contributed by atoms with Crippen LogP contribution >= 0.6 is 0 Å². The van der Waals surface area contributed by atoms with E-state index in [4.69, 9.17) is 9.47 Å². The van der Waals surface area contributed by atoms with Gasteiger partial charge in [0.25, 0.3) is 0 Å². The van der Waals surface area contributed by atoms with Crippen molar-refractivity contribution in [2.45, 2.75) is 20.8 Å². The van der Waals surface area contributed by atoms with Gasteiger partial charge in [-0.05, 0) is 31.2 Å². The molecule has 0 unspecified atom stereocenters. The summed E-state index contributed by atoms with van der Waals surface area (Å²) in [6, 6.07) is 11.5. The molecule has 0 radical (unpaired) electrons. The third-order valence-corrected chi connectivity index (χ3v) is 3.54. The molecular weight excluding hydrogens is 396 g/mol. The molecule has 30 heavy (non-hydrogen) atoms. The third kappa shape index (κ3) is 6.06. The van der Waals surface area contributed by atoms with Gasteiger partial charge in [0.15, 0.2) is 0 Å². The molecule has 0 fully saturated rings. The molecule has 158 valence electrons. The number of para-hydroxylation sites is 2. The van der Waals surface area contributed by atoms with E-state index >= 15 is 0 Å². The molecule has 0 aromatic heterocycles. The number of hydrogen-bond donors (Lipinski definition) is 0. The molecular formula is C21H20O9. The second kappa shape index (κ2) is 10.6. The molecule has 0 N–H and O–H groups in total. The molecule has 0 heterocycles. The fourth-order valence-electron chi connectivity index (χ4n) is 2.08. The molecule has 2 rings (SSSR count). The van der Waals surface area contributed by atoms with Crippen molar-refractivity contribution in [2.24, 2.45) is 5.92 Å². The Kier molecular flexibility index (Phi) is 7.92. The first kappa shape index (κ1) is 22.4. The highest BCUT2D eigenvalue weighted by Crippen LogP contribution is 2.22. The highest BCUT2D eigenvalue weighted by atomic mass is 17.2. The number of carbonyl (C=O) groups is 4. The number of ether oxygens (including phenoxy) is 3. The van der Waals surface area contributed by atoms with Gasteiger partial charge in [0.2, 0.25) is 0 Å². The van der Waals surface area contributed by atoms with Crippen LogP contribution in [-0.2, 0) is 19.3 Å². The quantitative estimate of drug-likeness (QED) is 0.228. The third-order valence-electron chi connectivity index (χ3n) is 3.54. The Hall–Kier alpha value is -3.88. The van der Waals surface area contributed by atoms with Crippen molar-refractivity contribution in [3.8, 4) is 11.5 Å². The minimum atomic E-state index is -1.08. The van der Waals surface area contributed by atoms with Gasteiger partial charge in [-0.15, -0.1) is 0 Å². The molecule has 0 amide bonds. The summed E-state index contributed by atoms with van der Waals surface area (Å²) in [5, 5.41) is 0. The predicted octanol–water partition coefficient (Wildman–Crippen LogP) is 3.71. The highest BCUT2D eigenvalue weighted by Gasteiger charge is 2.22. The Balaban J connectivity index is 2.08. The molecule has 9 heteroatoms. The molecule has 0 saturated carbocycles. The zero-order chi connectivity index (χ0) is 22.1. The summed E-state index contributed by atoms with van der Waals surface area (Å²) in [4.78, 5) is 57.0. The Morgan fingerprint density at radius 3 is 1.70 bits per heavy atom. The summed E-state index contributed by atoms with van der Waals surface area (Å²) < 4.78 is 14.7. The first-order valence-electron chi connectivity index (χ1n) is 9.01. The number of hydrogen-bond acceptors (Lipinski definition) is 9. The van der Waals surface area contributed by atoms with E-state index < -0.39 is 30.0 Å². The first-order chi connectivity index (χ1) is 14.3. The molecule has 9 nitrogen and oxygen atoms in total. The summed E-state index contributed by atoms with van der Waals surface area (Å²) in [5.41, 5.74) is -0.284. The van der Waals surface area contributed by atoms with Crippen molar-refractivity contribution in [2.75, 3.05) is 6.61 Å². The zero-order valence-electron chi connectivity index (χ0n) is 16.6. The van der Waals surface area contributed by atoms with Gasteiger partial charge in [-0.1, -0.05) is 38.1 Å². The van der Waals surface area contributed by atoms with Crippen molar-refractivity contribution in [3.05, 3.63) is 59.7 Å². The van der Waals surface area contributed by atoms with Crippen LogP contribution in [0.5, 0.6) is 11.5 Å². The van der Waals surface area contributed by atoms with E-state index in [-0.39, 0.29) is 29.2 Å². The molecule has 0 aliphatic heterocycles. The van der Waals surface area contributed by atoms with Crippen LogP contribution in [0.25, 0.3) is 0 Å². The molecule has 0 spiro atoms. The number of esters is 1. The van der Waals surface area contributed by atoms with Gasteiger partial charge in [0.1, 0.15) is 22.6 Å². The zero-order valence-corrected chi connectivity index (χ0v) is 16.6. The molecule has 2 aromatic carbocycles. The van der Waals surface area contributed by atoms with Crippen LogP contribution in [-0.4, -0.2) is 30.7 Å². The Morgan fingerprint density at radius 2 is 1.23 bits per heavy atom. The Bertz CT molecular complexity index is 934. The first-order valence-corrected chi connectivity index (χ1v) is 9.01. The molecule has 0 atom stereocenters. The summed E-state index contributed by atoms with van der Waals surface area (Å²) in [5.74, 6) is -3.27. The lowest BCUT2D eigenvalue weighted by Gasteiger charge is -2.11. The molecule has 0 aliphatic rings. The normalized spacial score (nSPS) is 10.1. The van der Waals surface area contributed by atoms with Crippen molar-refractivity contribution in [3.63, 3.8) is 0 Å². The smallest absolute Gasteiger partial charge is 0.434 e. The van der Waals surface area contributed by atoms with Gasteiger partial charge >= 0.3 is 24.1 Å². The lowest BCUT2D eigenvalue weighted by Crippen LogP contribution is -2.18. The topological polar surface area (TPSA) is 114 Å². The van der Waals surface area contributed by atoms with Crippen LogP contribution in [0.2, 0.25) is 0 Å². The number of carbonyl (C=O) groups excluding carboxylic acids is 4. The average molecular weight is 416 g/mol. The van der Waals surface area contributed by atoms with E-state index in [1.165, 1.54) is 42.5 Å². The van der Waals surface area contributed by atoms with Gasteiger partial charge in [-0.25, -0.2) is 24.2 Å². The fourth-order valence-corrected chi connectivity index (χ4v) is 2.08. The van der Waals surface area contributed by atoms with Gasteiger partial charge in [-0.2, -0.15) is 0 Å². The lowest BCUT2D eigenvalue weighted by molar-refractivity contribution is -0.187. The Labute approximate surface area is 172 Å². The van der Waals surface area contributed by atoms with Crippen LogP contribution < -0.4 is 9.47 Å². The van der Waals surface area contributed by atoms with Crippen LogP contribution in [0.15, 0.2) is 48.5 Å². The van der Waals surface area contributed by atoms with Crippen LogP contribution in [0.4, 0.5) is 4.79 Å². The van der Waals surface area contributed by atoms with Gasteiger partial charge in [-0.3, -0.25) is 4.79 Å². The van der Waals surface area contributed by atoms with Crippen LogP contribution in [0.1, 0.15) is 41.5 Å². The minimum Gasteiger partial charge on any atom is -0.434 e. The Morgan fingerprint density at radius 1 is 0.767 bits per heavy atom. The number of rotatable bonds is 6. The van der Waals surface area contributed by atoms with E-state index in [1.54, 1.807) is 26.8 Å². The highest BCUT2D eigenvalue weighted by molar-refractivity contribution is 5.96. The standard InChI is InChI=1S/C21H20O9/c1-4-26-21(25)28-17-12-8-6-10-15(17)20(24)30-29-19(23)14-9-5-7-11-16(14)27-18(22)13(2)3/h5-13H,4H2,1-3H3. The van der Waals surface area contributed by atoms with Gasteiger partial charge in [0.05, 0.1) is 12.5 Å². The summed E-state index contributed by atoms with van der Waals surface area (Å²) in [6.07, 6.45) is -1.00. The molecule has 2 aromatic rings. The molecule has 0 saturated heterocycles. The maximum Gasteiger partial charge on any atom is 0.513 e. The van der Waals surface area contributed by atoms with Crippen molar-refractivity contribution < 1.29 is 43.2 Å². The predicted molar refractivity (Wildman–Crippen MR) is 102 cm³/mol. The maximum absolute atomic E-state index is 12.3. The largest absolute Gasteiger partial charge is 0.513 e. The lowest BCUT2D eigenvalue weighted by atomic mass is 10.2. The molecule has 0 aliphatic carbocycles. The monoisotopic (exact) mass is 416 g/mol.